The fraction of sp³-hybridized carbons (Fsp3) is 0.167. The molecule has 0 aliphatic carbocycles. The van der Waals surface area contributed by atoms with Crippen molar-refractivity contribution in [3.8, 4) is 34.2 Å². The van der Waals surface area contributed by atoms with Gasteiger partial charge >= 0.3 is 0 Å². The molecule has 0 radical (unpaired) electrons. The molecule has 0 saturated heterocycles. The van der Waals surface area contributed by atoms with Gasteiger partial charge in [0.1, 0.15) is 16.8 Å². The molecule has 180 valence electrons. The van der Waals surface area contributed by atoms with Gasteiger partial charge in [-0.25, -0.2) is 4.98 Å². The fourth-order valence-corrected chi connectivity index (χ4v) is 4.85. The van der Waals surface area contributed by atoms with Gasteiger partial charge in [0, 0.05) is 16.8 Å². The predicted octanol–water partition coefficient (Wildman–Crippen LogP) is 7.03. The zero-order valence-corrected chi connectivity index (χ0v) is 21.5. The maximum absolute atomic E-state index is 13.1. The van der Waals surface area contributed by atoms with Gasteiger partial charge in [-0.1, -0.05) is 72.4 Å². The van der Waals surface area contributed by atoms with Gasteiger partial charge in [-0.2, -0.15) is 5.26 Å². The van der Waals surface area contributed by atoms with Crippen LogP contribution in [0.25, 0.3) is 22.4 Å². The molecule has 0 saturated carbocycles. The average Bonchev–Trinajstić information content (AvgIpc) is 2.90. The van der Waals surface area contributed by atoms with E-state index in [-0.39, 0.29) is 5.91 Å². The predicted molar refractivity (Wildman–Crippen MR) is 146 cm³/mol. The zero-order valence-electron chi connectivity index (χ0n) is 20.7. The largest absolute Gasteiger partial charge is 0.497 e. The molecule has 4 aromatic rings. The number of aromatic nitrogens is 1. The first-order valence-electron chi connectivity index (χ1n) is 11.6. The van der Waals surface area contributed by atoms with Gasteiger partial charge in [0.25, 0.3) is 0 Å². The number of methoxy groups -OCH3 is 1. The second-order valence-corrected chi connectivity index (χ2v) is 9.79. The van der Waals surface area contributed by atoms with Crippen molar-refractivity contribution in [1.29, 1.82) is 5.26 Å². The molecule has 0 aliphatic heterocycles. The molecule has 1 heterocycles. The number of para-hydroxylation sites is 1. The smallest absolute Gasteiger partial charge is 0.237 e. The molecule has 5 nitrogen and oxygen atoms in total. The lowest BCUT2D eigenvalue weighted by molar-refractivity contribution is -0.115. The number of pyridine rings is 1. The highest BCUT2D eigenvalue weighted by Gasteiger charge is 2.22. The highest BCUT2D eigenvalue weighted by molar-refractivity contribution is 8.00. The highest BCUT2D eigenvalue weighted by Crippen LogP contribution is 2.36. The summed E-state index contributed by atoms with van der Waals surface area (Å²) in [5.74, 6) is 0.597. The number of carbonyl (C=O) groups excluding carboxylic acids is 1. The van der Waals surface area contributed by atoms with Gasteiger partial charge in [-0.05, 0) is 55.7 Å². The second kappa shape index (κ2) is 11.1. The topological polar surface area (TPSA) is 75.0 Å². The number of carbonyl (C=O) groups is 1. The molecule has 4 rings (SSSR count). The van der Waals surface area contributed by atoms with Crippen LogP contribution in [0.2, 0.25) is 0 Å². The number of ether oxygens (including phenoxy) is 1. The van der Waals surface area contributed by atoms with Gasteiger partial charge in [-0.3, -0.25) is 4.79 Å². The van der Waals surface area contributed by atoms with Crippen molar-refractivity contribution in [1.82, 2.24) is 4.98 Å². The van der Waals surface area contributed by atoms with Gasteiger partial charge in [0.15, 0.2) is 0 Å². The van der Waals surface area contributed by atoms with E-state index in [1.165, 1.54) is 11.8 Å². The second-order valence-electron chi connectivity index (χ2n) is 8.46. The van der Waals surface area contributed by atoms with Crippen LogP contribution in [0.3, 0.4) is 0 Å². The molecular weight excluding hydrogens is 466 g/mol. The van der Waals surface area contributed by atoms with Crippen molar-refractivity contribution in [3.05, 3.63) is 95.6 Å². The standard InChI is InChI=1S/C30H27N3O2S/c1-19-9-8-10-20(2)28(19)33-29(34)21(3)36-30-26(18-31)25(22-13-15-24(35-4)16-14-22)17-27(32-30)23-11-6-5-7-12-23/h5-17,21H,1-4H3,(H,33,34)/t21-/m1/s1. The Balaban J connectivity index is 1.74. The summed E-state index contributed by atoms with van der Waals surface area (Å²) in [7, 11) is 1.62. The summed E-state index contributed by atoms with van der Waals surface area (Å²) in [4.78, 5) is 18.0. The van der Waals surface area contributed by atoms with Crippen LogP contribution in [-0.2, 0) is 4.79 Å². The SMILES string of the molecule is COc1ccc(-c2cc(-c3ccccc3)nc(S[C@H](C)C(=O)Nc3c(C)cccc3C)c2C#N)cc1. The summed E-state index contributed by atoms with van der Waals surface area (Å²) in [6.07, 6.45) is 0. The van der Waals surface area contributed by atoms with E-state index in [0.29, 0.717) is 10.6 Å². The average molecular weight is 494 g/mol. The number of nitrogens with zero attached hydrogens (tertiary/aromatic N) is 2. The summed E-state index contributed by atoms with van der Waals surface area (Å²) < 4.78 is 5.30. The van der Waals surface area contributed by atoms with E-state index in [9.17, 15) is 10.1 Å². The summed E-state index contributed by atoms with van der Waals surface area (Å²) in [5.41, 5.74) is 6.59. The van der Waals surface area contributed by atoms with Crippen LogP contribution in [0.5, 0.6) is 5.75 Å². The first-order chi connectivity index (χ1) is 17.4. The number of benzene rings is 3. The summed E-state index contributed by atoms with van der Waals surface area (Å²) in [5, 5.41) is 13.3. The van der Waals surface area contributed by atoms with Crippen LogP contribution in [-0.4, -0.2) is 23.3 Å². The first-order valence-corrected chi connectivity index (χ1v) is 12.5. The molecule has 1 aromatic heterocycles. The van der Waals surface area contributed by atoms with Crippen LogP contribution < -0.4 is 10.1 Å². The molecule has 0 unspecified atom stereocenters. The number of aryl methyl sites for hydroxylation is 2. The normalized spacial score (nSPS) is 11.4. The zero-order chi connectivity index (χ0) is 25.7. The molecule has 6 heteroatoms. The maximum Gasteiger partial charge on any atom is 0.237 e. The Kier molecular flexibility index (Phi) is 7.72. The Bertz CT molecular complexity index is 1410. The van der Waals surface area contributed by atoms with Crippen LogP contribution in [0, 0.1) is 25.2 Å². The molecule has 36 heavy (non-hydrogen) atoms. The third-order valence-corrected chi connectivity index (χ3v) is 7.04. The number of nitrogens with one attached hydrogen (secondary N) is 1. The van der Waals surface area contributed by atoms with Crippen molar-refractivity contribution in [2.24, 2.45) is 0 Å². The van der Waals surface area contributed by atoms with E-state index in [1.807, 2.05) is 99.6 Å². The monoisotopic (exact) mass is 493 g/mol. The lowest BCUT2D eigenvalue weighted by Crippen LogP contribution is -2.23. The Morgan fingerprint density at radius 2 is 1.64 bits per heavy atom. The maximum atomic E-state index is 13.1. The quantitative estimate of drug-likeness (QED) is 0.280. The van der Waals surface area contributed by atoms with Gasteiger partial charge in [-0.15, -0.1) is 0 Å². The van der Waals surface area contributed by atoms with Crippen LogP contribution in [0.15, 0.2) is 83.9 Å². The van der Waals surface area contributed by atoms with Gasteiger partial charge in [0.2, 0.25) is 5.91 Å². The minimum atomic E-state index is -0.474. The molecule has 0 bridgehead atoms. The van der Waals surface area contributed by atoms with E-state index >= 15 is 0 Å². The Morgan fingerprint density at radius 1 is 0.972 bits per heavy atom. The van der Waals surface area contributed by atoms with E-state index in [0.717, 1.165) is 44.9 Å². The van der Waals surface area contributed by atoms with Crippen molar-refractivity contribution in [2.75, 3.05) is 12.4 Å². The van der Waals surface area contributed by atoms with E-state index < -0.39 is 5.25 Å². The molecule has 3 aromatic carbocycles. The Hall–Kier alpha value is -4.08. The van der Waals surface area contributed by atoms with Crippen molar-refractivity contribution >= 4 is 23.4 Å². The van der Waals surface area contributed by atoms with Gasteiger partial charge < -0.3 is 10.1 Å². The minimum absolute atomic E-state index is 0.140. The summed E-state index contributed by atoms with van der Waals surface area (Å²) >= 11 is 1.29. The van der Waals surface area contributed by atoms with Gasteiger partial charge in [0.05, 0.1) is 23.6 Å². The third kappa shape index (κ3) is 5.42. The minimum Gasteiger partial charge on any atom is -0.497 e. The van der Waals surface area contributed by atoms with E-state index in [2.05, 4.69) is 11.4 Å². The summed E-state index contributed by atoms with van der Waals surface area (Å²) in [6.45, 7) is 5.78. The Labute approximate surface area is 216 Å². The number of rotatable bonds is 7. The first kappa shape index (κ1) is 25.0. The highest BCUT2D eigenvalue weighted by atomic mass is 32.2. The van der Waals surface area contributed by atoms with E-state index in [4.69, 9.17) is 9.72 Å². The third-order valence-electron chi connectivity index (χ3n) is 5.96. The summed E-state index contributed by atoms with van der Waals surface area (Å²) in [6, 6.07) is 27.6. The number of hydrogen-bond acceptors (Lipinski definition) is 5. The molecular formula is C30H27N3O2S. The molecule has 0 spiro atoms. The van der Waals surface area contributed by atoms with Crippen molar-refractivity contribution < 1.29 is 9.53 Å². The lowest BCUT2D eigenvalue weighted by atomic mass is 9.99. The Morgan fingerprint density at radius 3 is 2.25 bits per heavy atom. The molecule has 1 atom stereocenters. The number of thioether (sulfide) groups is 1. The lowest BCUT2D eigenvalue weighted by Gasteiger charge is -2.17. The van der Waals surface area contributed by atoms with Crippen molar-refractivity contribution in [2.45, 2.75) is 31.0 Å². The van der Waals surface area contributed by atoms with Crippen LogP contribution in [0.4, 0.5) is 5.69 Å². The number of hydrogen-bond donors (Lipinski definition) is 1. The number of nitriles is 1. The molecule has 0 aliphatic rings. The van der Waals surface area contributed by atoms with Crippen molar-refractivity contribution in [3.63, 3.8) is 0 Å². The molecule has 0 fully saturated rings. The van der Waals surface area contributed by atoms with Crippen LogP contribution >= 0.6 is 11.8 Å². The molecule has 1 amide bonds. The number of amides is 1. The van der Waals surface area contributed by atoms with E-state index in [1.54, 1.807) is 7.11 Å². The number of anilines is 1. The van der Waals surface area contributed by atoms with Crippen LogP contribution in [0.1, 0.15) is 23.6 Å². The fourth-order valence-electron chi connectivity index (χ4n) is 3.93. The molecule has 1 N–H and O–H groups in total.